The molecule has 4 heteroatoms. The highest BCUT2D eigenvalue weighted by Gasteiger charge is 2.04. The molecule has 0 aliphatic carbocycles. The zero-order valence-corrected chi connectivity index (χ0v) is 11.3. The fourth-order valence-electron chi connectivity index (χ4n) is 1.62. The average molecular weight is 267 g/mol. The fraction of sp³-hybridized carbons (Fsp3) is 0.357. The average Bonchev–Trinajstić information content (AvgIpc) is 3.00. The maximum Gasteiger partial charge on any atom is 0.0829 e. The summed E-state index contributed by atoms with van der Waals surface area (Å²) in [7, 11) is 0. The molecule has 0 spiro atoms. The van der Waals surface area contributed by atoms with Crippen molar-refractivity contribution < 1.29 is 5.11 Å². The number of alkyl halides is 1. The standard InChI is InChI=1S/C11H13ClO.C3H6N2/c1-2-9(8-13)11-6-4-3-5-10(11)7-12;1-2-5-3-4-1/h3-6,8,13H,2,7H2,1H3;3H,1-2H2,(H,4,5)/b9-8+;. The summed E-state index contributed by atoms with van der Waals surface area (Å²) in [5, 5.41) is 11.9. The predicted molar refractivity (Wildman–Crippen MR) is 78.3 cm³/mol. The van der Waals surface area contributed by atoms with Crippen LogP contribution in [0, 0.1) is 0 Å². The number of hydrogen-bond acceptors (Lipinski definition) is 3. The van der Waals surface area contributed by atoms with Crippen molar-refractivity contribution in [1.29, 1.82) is 0 Å². The quantitative estimate of drug-likeness (QED) is 0.651. The molecule has 0 amide bonds. The lowest BCUT2D eigenvalue weighted by Gasteiger charge is -2.07. The van der Waals surface area contributed by atoms with Crippen molar-refractivity contribution in [3.8, 4) is 0 Å². The number of nitrogens with zero attached hydrogens (tertiary/aromatic N) is 1. The number of nitrogens with one attached hydrogen (secondary N) is 1. The van der Waals surface area contributed by atoms with Gasteiger partial charge in [0, 0.05) is 12.4 Å². The maximum atomic E-state index is 8.99. The van der Waals surface area contributed by atoms with Gasteiger partial charge in [-0.05, 0) is 23.1 Å². The molecule has 1 aliphatic rings. The first-order chi connectivity index (χ1) is 8.83. The van der Waals surface area contributed by atoms with Gasteiger partial charge in [0.25, 0.3) is 0 Å². The molecule has 0 atom stereocenters. The number of halogens is 1. The summed E-state index contributed by atoms with van der Waals surface area (Å²) in [6.07, 6.45) is 3.70. The molecule has 0 aromatic heterocycles. The molecule has 1 aromatic carbocycles. The van der Waals surface area contributed by atoms with Crippen LogP contribution in [-0.4, -0.2) is 24.5 Å². The monoisotopic (exact) mass is 266 g/mol. The largest absolute Gasteiger partial charge is 0.515 e. The summed E-state index contributed by atoms with van der Waals surface area (Å²) in [6.45, 7) is 3.99. The molecule has 0 fully saturated rings. The molecule has 0 saturated heterocycles. The zero-order valence-electron chi connectivity index (χ0n) is 10.6. The number of benzene rings is 1. The topological polar surface area (TPSA) is 44.6 Å². The summed E-state index contributed by atoms with van der Waals surface area (Å²) in [4.78, 5) is 3.85. The van der Waals surface area contributed by atoms with E-state index in [-0.39, 0.29) is 0 Å². The van der Waals surface area contributed by atoms with Crippen LogP contribution in [0.1, 0.15) is 24.5 Å². The fourth-order valence-corrected chi connectivity index (χ4v) is 1.86. The van der Waals surface area contributed by atoms with Crippen LogP contribution in [0.25, 0.3) is 5.57 Å². The third-order valence-corrected chi connectivity index (χ3v) is 2.90. The summed E-state index contributed by atoms with van der Waals surface area (Å²) in [5.41, 5.74) is 3.03. The number of aliphatic hydroxyl groups excluding tert-OH is 1. The highest BCUT2D eigenvalue weighted by atomic mass is 35.5. The Labute approximate surface area is 113 Å². The van der Waals surface area contributed by atoms with Crippen molar-refractivity contribution in [2.24, 2.45) is 4.99 Å². The molecule has 0 saturated carbocycles. The predicted octanol–water partition coefficient (Wildman–Crippen LogP) is 3.35. The van der Waals surface area contributed by atoms with Crippen LogP contribution in [-0.2, 0) is 5.88 Å². The normalized spacial score (nSPS) is 13.8. The highest BCUT2D eigenvalue weighted by molar-refractivity contribution is 6.17. The van der Waals surface area contributed by atoms with E-state index in [1.165, 1.54) is 0 Å². The maximum absolute atomic E-state index is 8.99. The Balaban J connectivity index is 0.000000269. The van der Waals surface area contributed by atoms with Gasteiger partial charge in [0.2, 0.25) is 0 Å². The van der Waals surface area contributed by atoms with E-state index in [9.17, 15) is 0 Å². The molecule has 2 N–H and O–H groups in total. The van der Waals surface area contributed by atoms with Gasteiger partial charge in [-0.3, -0.25) is 4.99 Å². The second kappa shape index (κ2) is 8.59. The number of hydrogen-bond donors (Lipinski definition) is 2. The molecule has 0 unspecified atom stereocenters. The minimum atomic E-state index is 0.480. The van der Waals surface area contributed by atoms with Crippen molar-refractivity contribution in [3.63, 3.8) is 0 Å². The van der Waals surface area contributed by atoms with Crippen molar-refractivity contribution in [3.05, 3.63) is 41.7 Å². The van der Waals surface area contributed by atoms with E-state index in [2.05, 4.69) is 10.3 Å². The molecule has 3 nitrogen and oxygen atoms in total. The summed E-state index contributed by atoms with van der Waals surface area (Å²) >= 11 is 5.78. The number of rotatable bonds is 3. The first kappa shape index (κ1) is 14.6. The minimum absolute atomic E-state index is 0.480. The lowest BCUT2D eigenvalue weighted by molar-refractivity contribution is 0.474. The highest BCUT2D eigenvalue weighted by Crippen LogP contribution is 2.22. The first-order valence-corrected chi connectivity index (χ1v) is 6.56. The van der Waals surface area contributed by atoms with Gasteiger partial charge in [-0.25, -0.2) is 0 Å². The Hall–Kier alpha value is -1.48. The molecular weight excluding hydrogens is 248 g/mol. The van der Waals surface area contributed by atoms with Gasteiger partial charge >= 0.3 is 0 Å². The van der Waals surface area contributed by atoms with Gasteiger partial charge in [-0.2, -0.15) is 0 Å². The Morgan fingerprint density at radius 1 is 1.50 bits per heavy atom. The van der Waals surface area contributed by atoms with Crippen LogP contribution < -0.4 is 5.32 Å². The number of allylic oxidation sites excluding steroid dienone is 1. The van der Waals surface area contributed by atoms with E-state index in [4.69, 9.17) is 16.7 Å². The summed E-state index contributed by atoms with van der Waals surface area (Å²) < 4.78 is 0. The van der Waals surface area contributed by atoms with Gasteiger partial charge in [0.15, 0.2) is 0 Å². The minimum Gasteiger partial charge on any atom is -0.515 e. The van der Waals surface area contributed by atoms with Crippen molar-refractivity contribution >= 4 is 23.5 Å². The molecular formula is C14H19ClN2O. The third kappa shape index (κ3) is 4.41. The molecule has 2 rings (SSSR count). The van der Waals surface area contributed by atoms with Crippen LogP contribution in [0.5, 0.6) is 0 Å². The Bertz CT molecular complexity index is 410. The smallest absolute Gasteiger partial charge is 0.0829 e. The molecule has 98 valence electrons. The van der Waals surface area contributed by atoms with Gasteiger partial charge < -0.3 is 10.4 Å². The Morgan fingerprint density at radius 3 is 2.72 bits per heavy atom. The van der Waals surface area contributed by atoms with Crippen LogP contribution in [0.15, 0.2) is 35.5 Å². The SMILES string of the molecule is C1=NCCN1.CC/C(=C\O)c1ccccc1CCl. The molecule has 0 radical (unpaired) electrons. The third-order valence-electron chi connectivity index (χ3n) is 2.61. The van der Waals surface area contributed by atoms with E-state index < -0.39 is 0 Å². The number of aliphatic hydroxyl groups is 1. The molecule has 0 bridgehead atoms. The number of aliphatic imine (C=N–C) groups is 1. The Kier molecular flexibility index (Phi) is 6.96. The van der Waals surface area contributed by atoms with Gasteiger partial charge in [0.05, 0.1) is 19.1 Å². The molecule has 18 heavy (non-hydrogen) atoms. The van der Waals surface area contributed by atoms with Gasteiger partial charge in [0.1, 0.15) is 0 Å². The second-order valence-corrected chi connectivity index (χ2v) is 4.06. The summed E-state index contributed by atoms with van der Waals surface area (Å²) in [6, 6.07) is 7.85. The Morgan fingerprint density at radius 2 is 2.28 bits per heavy atom. The van der Waals surface area contributed by atoms with E-state index in [1.54, 1.807) is 6.34 Å². The molecule has 1 aliphatic heterocycles. The summed E-state index contributed by atoms with van der Waals surface area (Å²) in [5.74, 6) is 0.480. The van der Waals surface area contributed by atoms with Crippen LogP contribution >= 0.6 is 11.6 Å². The van der Waals surface area contributed by atoms with Crippen molar-refractivity contribution in [1.82, 2.24) is 5.32 Å². The lowest BCUT2D eigenvalue weighted by Crippen LogP contribution is -2.04. The van der Waals surface area contributed by atoms with Crippen LogP contribution in [0.3, 0.4) is 0 Å². The van der Waals surface area contributed by atoms with Crippen LogP contribution in [0.2, 0.25) is 0 Å². The first-order valence-electron chi connectivity index (χ1n) is 6.02. The van der Waals surface area contributed by atoms with Crippen molar-refractivity contribution in [2.45, 2.75) is 19.2 Å². The van der Waals surface area contributed by atoms with E-state index in [1.807, 2.05) is 31.2 Å². The van der Waals surface area contributed by atoms with E-state index >= 15 is 0 Å². The zero-order chi connectivity index (χ0) is 13.2. The van der Waals surface area contributed by atoms with Crippen LogP contribution in [0.4, 0.5) is 0 Å². The van der Waals surface area contributed by atoms with Gasteiger partial charge in [-0.1, -0.05) is 31.2 Å². The second-order valence-electron chi connectivity index (χ2n) is 3.79. The van der Waals surface area contributed by atoms with Crippen molar-refractivity contribution in [2.75, 3.05) is 13.1 Å². The molecule has 1 heterocycles. The van der Waals surface area contributed by atoms with E-state index in [0.29, 0.717) is 5.88 Å². The molecule has 1 aromatic rings. The lowest BCUT2D eigenvalue weighted by atomic mass is 10.00. The van der Waals surface area contributed by atoms with E-state index in [0.717, 1.165) is 42.5 Å². The van der Waals surface area contributed by atoms with Gasteiger partial charge in [-0.15, -0.1) is 11.6 Å².